The Kier molecular flexibility index (Phi) is 2.83. The normalized spacial score (nSPS) is 17.5. The van der Waals surface area contributed by atoms with E-state index in [1.165, 1.54) is 17.5 Å². The van der Waals surface area contributed by atoms with Gasteiger partial charge >= 0.3 is 0 Å². The van der Waals surface area contributed by atoms with Crippen molar-refractivity contribution in [3.8, 4) is 0 Å². The molecule has 1 aromatic rings. The van der Waals surface area contributed by atoms with Gasteiger partial charge in [-0.2, -0.15) is 0 Å². The van der Waals surface area contributed by atoms with E-state index in [9.17, 15) is 0 Å². The van der Waals surface area contributed by atoms with Crippen LogP contribution in [0.5, 0.6) is 0 Å². The maximum absolute atomic E-state index is 5.23. The lowest BCUT2D eigenvalue weighted by molar-refractivity contribution is -0.0313. The van der Waals surface area contributed by atoms with Crippen LogP contribution in [0.4, 0.5) is 0 Å². The van der Waals surface area contributed by atoms with E-state index in [1.54, 1.807) is 0 Å². The maximum Gasteiger partial charge on any atom is 0.0519 e. The molecule has 0 aliphatic carbocycles. The number of hydrogen-bond donors (Lipinski definition) is 0. The van der Waals surface area contributed by atoms with Crippen LogP contribution in [0.3, 0.4) is 0 Å². The molecule has 0 atom stereocenters. The van der Waals surface area contributed by atoms with Gasteiger partial charge in [0.2, 0.25) is 0 Å². The lowest BCUT2D eigenvalue weighted by atomic mass is 9.81. The molecule has 1 aliphatic rings. The predicted molar refractivity (Wildman–Crippen MR) is 63.2 cm³/mol. The summed E-state index contributed by atoms with van der Waals surface area (Å²) in [6, 6.07) is 8.80. The Bertz CT molecular complexity index is 331. The third-order valence-electron chi connectivity index (χ3n) is 3.04. The van der Waals surface area contributed by atoms with Crippen molar-refractivity contribution in [1.82, 2.24) is 0 Å². The van der Waals surface area contributed by atoms with Crippen LogP contribution < -0.4 is 0 Å². The summed E-state index contributed by atoms with van der Waals surface area (Å²) in [6.07, 6.45) is 1.17. The zero-order chi connectivity index (χ0) is 10.9. The minimum absolute atomic E-state index is 0.251. The van der Waals surface area contributed by atoms with Crippen LogP contribution in [0.1, 0.15) is 31.9 Å². The number of benzene rings is 1. The summed E-state index contributed by atoms with van der Waals surface area (Å²) in [5.74, 6) is 0.744. The van der Waals surface area contributed by atoms with Crippen LogP contribution in [0.15, 0.2) is 24.3 Å². The number of rotatable bonds is 2. The molecule has 0 radical (unpaired) electrons. The van der Waals surface area contributed by atoms with Crippen LogP contribution in [0.2, 0.25) is 0 Å². The van der Waals surface area contributed by atoms with Crippen LogP contribution in [0.25, 0.3) is 0 Å². The molecular formula is C14H20O. The molecule has 2 rings (SSSR count). The second-order valence-electron chi connectivity index (χ2n) is 5.51. The van der Waals surface area contributed by atoms with Crippen molar-refractivity contribution in [3.63, 3.8) is 0 Å². The zero-order valence-corrected chi connectivity index (χ0v) is 9.92. The van der Waals surface area contributed by atoms with E-state index in [1.807, 2.05) is 0 Å². The van der Waals surface area contributed by atoms with E-state index < -0.39 is 0 Å². The molecule has 1 heteroatoms. The molecule has 1 heterocycles. The fourth-order valence-corrected chi connectivity index (χ4v) is 2.14. The van der Waals surface area contributed by atoms with Gasteiger partial charge in [0.25, 0.3) is 0 Å². The molecule has 1 aliphatic heterocycles. The first-order valence-corrected chi connectivity index (χ1v) is 5.73. The lowest BCUT2D eigenvalue weighted by Gasteiger charge is -2.29. The Labute approximate surface area is 92.5 Å². The van der Waals surface area contributed by atoms with Gasteiger partial charge in [0.05, 0.1) is 13.2 Å². The fourth-order valence-electron chi connectivity index (χ4n) is 2.14. The minimum Gasteiger partial charge on any atom is -0.381 e. The molecule has 1 aromatic carbocycles. The van der Waals surface area contributed by atoms with Crippen molar-refractivity contribution in [2.45, 2.75) is 32.6 Å². The summed E-state index contributed by atoms with van der Waals surface area (Å²) < 4.78 is 5.23. The van der Waals surface area contributed by atoms with Crippen LogP contribution in [-0.4, -0.2) is 13.2 Å². The molecule has 1 nitrogen and oxygen atoms in total. The zero-order valence-electron chi connectivity index (χ0n) is 9.92. The van der Waals surface area contributed by atoms with Gasteiger partial charge in [-0.05, 0) is 23.0 Å². The topological polar surface area (TPSA) is 9.23 Å². The third kappa shape index (κ3) is 2.40. The van der Waals surface area contributed by atoms with Crippen molar-refractivity contribution in [3.05, 3.63) is 35.4 Å². The minimum atomic E-state index is 0.251. The molecule has 0 aromatic heterocycles. The molecule has 82 valence electrons. The Morgan fingerprint density at radius 1 is 1.20 bits per heavy atom. The van der Waals surface area contributed by atoms with Crippen molar-refractivity contribution >= 4 is 0 Å². The summed E-state index contributed by atoms with van der Waals surface area (Å²) in [5.41, 5.74) is 3.23. The molecule has 1 saturated heterocycles. The molecule has 15 heavy (non-hydrogen) atoms. The molecular weight excluding hydrogens is 184 g/mol. The molecule has 1 fully saturated rings. The van der Waals surface area contributed by atoms with E-state index in [2.05, 4.69) is 45.0 Å². The van der Waals surface area contributed by atoms with E-state index in [0.717, 1.165) is 19.1 Å². The fraction of sp³-hybridized carbons (Fsp3) is 0.571. The van der Waals surface area contributed by atoms with Crippen LogP contribution >= 0.6 is 0 Å². The van der Waals surface area contributed by atoms with E-state index >= 15 is 0 Å². The van der Waals surface area contributed by atoms with Crippen LogP contribution in [0, 0.1) is 5.92 Å². The highest BCUT2D eigenvalue weighted by Gasteiger charge is 2.23. The van der Waals surface area contributed by atoms with Gasteiger partial charge in [-0.25, -0.2) is 0 Å². The van der Waals surface area contributed by atoms with Crippen molar-refractivity contribution in [2.24, 2.45) is 5.92 Å². The van der Waals surface area contributed by atoms with Gasteiger partial charge in [-0.15, -0.1) is 0 Å². The number of hydrogen-bond acceptors (Lipinski definition) is 1. The summed E-state index contributed by atoms with van der Waals surface area (Å²) in [6.45, 7) is 8.73. The molecule has 0 saturated carbocycles. The SMILES string of the molecule is CC(C)(C)c1ccccc1CC1COC1. The molecule has 0 bridgehead atoms. The van der Waals surface area contributed by atoms with Crippen molar-refractivity contribution < 1.29 is 4.74 Å². The highest BCUT2D eigenvalue weighted by atomic mass is 16.5. The number of ether oxygens (including phenoxy) is 1. The first-order valence-electron chi connectivity index (χ1n) is 5.73. The Balaban J connectivity index is 2.21. The van der Waals surface area contributed by atoms with E-state index in [4.69, 9.17) is 4.74 Å². The van der Waals surface area contributed by atoms with Crippen molar-refractivity contribution in [1.29, 1.82) is 0 Å². The standard InChI is InChI=1S/C14H20O/c1-14(2,3)13-7-5-4-6-12(13)8-11-9-15-10-11/h4-7,11H,8-10H2,1-3H3. The highest BCUT2D eigenvalue weighted by molar-refractivity contribution is 5.33. The van der Waals surface area contributed by atoms with E-state index in [-0.39, 0.29) is 5.41 Å². The Morgan fingerprint density at radius 2 is 1.87 bits per heavy atom. The summed E-state index contributed by atoms with van der Waals surface area (Å²) in [5, 5.41) is 0. The molecule has 0 spiro atoms. The van der Waals surface area contributed by atoms with Gasteiger partial charge in [0.1, 0.15) is 0 Å². The third-order valence-corrected chi connectivity index (χ3v) is 3.04. The molecule has 0 unspecified atom stereocenters. The maximum atomic E-state index is 5.23. The monoisotopic (exact) mass is 204 g/mol. The molecule has 0 amide bonds. The van der Waals surface area contributed by atoms with Gasteiger partial charge in [-0.3, -0.25) is 0 Å². The van der Waals surface area contributed by atoms with Crippen molar-refractivity contribution in [2.75, 3.05) is 13.2 Å². The highest BCUT2D eigenvalue weighted by Crippen LogP contribution is 2.28. The van der Waals surface area contributed by atoms with Gasteiger partial charge in [-0.1, -0.05) is 45.0 Å². The average Bonchev–Trinajstić information content (AvgIpc) is 2.10. The largest absolute Gasteiger partial charge is 0.381 e. The van der Waals surface area contributed by atoms with Gasteiger partial charge in [0, 0.05) is 5.92 Å². The lowest BCUT2D eigenvalue weighted by Crippen LogP contribution is -2.30. The first-order chi connectivity index (χ1) is 7.07. The predicted octanol–water partition coefficient (Wildman–Crippen LogP) is 3.17. The Hall–Kier alpha value is -0.820. The van der Waals surface area contributed by atoms with E-state index in [0.29, 0.717) is 0 Å². The smallest absolute Gasteiger partial charge is 0.0519 e. The summed E-state index contributed by atoms with van der Waals surface area (Å²) in [7, 11) is 0. The first kappa shape index (κ1) is 10.7. The quantitative estimate of drug-likeness (QED) is 0.719. The molecule has 0 N–H and O–H groups in total. The second-order valence-corrected chi connectivity index (χ2v) is 5.51. The average molecular weight is 204 g/mol. The summed E-state index contributed by atoms with van der Waals surface area (Å²) in [4.78, 5) is 0. The Morgan fingerprint density at radius 3 is 2.40 bits per heavy atom. The van der Waals surface area contributed by atoms with Crippen LogP contribution in [-0.2, 0) is 16.6 Å². The van der Waals surface area contributed by atoms with Gasteiger partial charge in [0.15, 0.2) is 0 Å². The summed E-state index contributed by atoms with van der Waals surface area (Å²) >= 11 is 0. The second kappa shape index (κ2) is 3.97. The van der Waals surface area contributed by atoms with Gasteiger partial charge < -0.3 is 4.74 Å².